The van der Waals surface area contributed by atoms with Gasteiger partial charge in [0, 0.05) is 37.3 Å². The Hall–Kier alpha value is -3.77. The molecule has 2 aliphatic heterocycles. The number of nitrogens with one attached hydrogen (secondary N) is 2. The van der Waals surface area contributed by atoms with E-state index in [1.54, 1.807) is 17.5 Å². The van der Waals surface area contributed by atoms with Crippen molar-refractivity contribution in [2.24, 2.45) is 0 Å². The zero-order valence-corrected chi connectivity index (χ0v) is 22.4. The topological polar surface area (TPSA) is 105 Å². The minimum Gasteiger partial charge on any atom is -0.487 e. The lowest BCUT2D eigenvalue weighted by Crippen LogP contribution is -2.45. The van der Waals surface area contributed by atoms with Gasteiger partial charge >= 0.3 is 0 Å². The van der Waals surface area contributed by atoms with E-state index in [1.165, 1.54) is 12.4 Å². The summed E-state index contributed by atoms with van der Waals surface area (Å²) < 4.78 is 23.4. The molecular weight excluding hydrogens is 509 g/mol. The first-order valence-electron chi connectivity index (χ1n) is 12.5. The van der Waals surface area contributed by atoms with Crippen molar-refractivity contribution in [1.82, 2.24) is 24.9 Å². The Morgan fingerprint density at radius 3 is 2.74 bits per heavy atom. The molecule has 1 atom stereocenters. The molecule has 0 saturated carbocycles. The predicted molar refractivity (Wildman–Crippen MR) is 146 cm³/mol. The molecule has 1 amide bonds. The minimum atomic E-state index is -0.638. The van der Waals surface area contributed by atoms with Crippen LogP contribution in [0.4, 0.5) is 15.9 Å². The summed E-state index contributed by atoms with van der Waals surface area (Å²) in [5.41, 5.74) is 6.70. The molecule has 38 heavy (non-hydrogen) atoms. The van der Waals surface area contributed by atoms with Crippen molar-refractivity contribution < 1.29 is 13.9 Å². The summed E-state index contributed by atoms with van der Waals surface area (Å²) in [5, 5.41) is 0.929. The number of hydrazine groups is 1. The number of pyridine rings is 1. The smallest absolute Gasteiger partial charge is 0.275 e. The van der Waals surface area contributed by atoms with Crippen molar-refractivity contribution >= 4 is 49.9 Å². The summed E-state index contributed by atoms with van der Waals surface area (Å²) in [6.45, 7) is 9.11. The third kappa shape index (κ3) is 3.86. The molecule has 2 aliphatic rings. The summed E-state index contributed by atoms with van der Waals surface area (Å²) in [6, 6.07) is 1.08. The number of aromatic nitrogens is 3. The second kappa shape index (κ2) is 9.21. The monoisotopic (exact) mass is 537 g/mol. The van der Waals surface area contributed by atoms with Crippen LogP contribution in [0.5, 0.6) is 5.75 Å². The number of ether oxygens (including phenoxy) is 1. The highest BCUT2D eigenvalue weighted by Gasteiger charge is 2.31. The second-order valence-electron chi connectivity index (χ2n) is 9.93. The van der Waals surface area contributed by atoms with Crippen molar-refractivity contribution in [2.75, 3.05) is 50.2 Å². The number of halogens is 1. The Bertz CT molecular complexity index is 1660. The molecule has 0 bridgehead atoms. The standard InChI is InChI=1S/C26H28FN7O3S/c1-13-11-37-23-20-16(9-18(27)21(23)33-7-5-32(4)6-8-33)22(35)17(10-34(13)20)25(36)31-30-24-19-14(2)15(3)38-26(19)29-12-28-24/h9-10,12-13H,5-8,11H2,1-4H3,(H,31,36)(H,28,29,30). The molecule has 1 saturated heterocycles. The first-order valence-corrected chi connectivity index (χ1v) is 13.3. The van der Waals surface area contributed by atoms with E-state index in [1.807, 2.05) is 37.3 Å². The van der Waals surface area contributed by atoms with Crippen LogP contribution >= 0.6 is 11.3 Å². The van der Waals surface area contributed by atoms with Gasteiger partial charge in [0.25, 0.3) is 5.91 Å². The molecule has 3 aromatic heterocycles. The Kier molecular flexibility index (Phi) is 5.95. The Labute approximate surface area is 222 Å². The van der Waals surface area contributed by atoms with Crippen molar-refractivity contribution in [3.05, 3.63) is 50.6 Å². The largest absolute Gasteiger partial charge is 0.487 e. The number of thiophene rings is 1. The maximum absolute atomic E-state index is 15.6. The SMILES string of the molecule is Cc1sc2ncnc(NNC(=O)c3cn4c5c(c(N6CCN(C)CC6)c(F)cc5c3=O)OCC4C)c2c1C. The minimum absolute atomic E-state index is 0.0973. The van der Waals surface area contributed by atoms with Crippen LogP contribution in [0.25, 0.3) is 21.1 Å². The van der Waals surface area contributed by atoms with Crippen molar-refractivity contribution in [3.8, 4) is 5.75 Å². The van der Waals surface area contributed by atoms with Gasteiger partial charge in [-0.05, 0) is 39.4 Å². The van der Waals surface area contributed by atoms with Crippen LogP contribution in [0, 0.1) is 19.7 Å². The lowest BCUT2D eigenvalue weighted by molar-refractivity contribution is 0.0960. The van der Waals surface area contributed by atoms with E-state index in [4.69, 9.17) is 4.74 Å². The fourth-order valence-electron chi connectivity index (χ4n) is 5.16. The van der Waals surface area contributed by atoms with Crippen LogP contribution in [0.3, 0.4) is 0 Å². The lowest BCUT2D eigenvalue weighted by Gasteiger charge is -2.37. The zero-order chi connectivity index (χ0) is 26.7. The molecule has 0 aliphatic carbocycles. The summed E-state index contributed by atoms with van der Waals surface area (Å²) >= 11 is 1.54. The number of rotatable bonds is 4. The molecule has 2 N–H and O–H groups in total. The van der Waals surface area contributed by atoms with Gasteiger partial charge in [0.1, 0.15) is 29.0 Å². The first kappa shape index (κ1) is 24.6. The van der Waals surface area contributed by atoms with E-state index in [9.17, 15) is 9.59 Å². The number of benzene rings is 1. The van der Waals surface area contributed by atoms with E-state index < -0.39 is 17.2 Å². The third-order valence-corrected chi connectivity index (χ3v) is 8.58. The summed E-state index contributed by atoms with van der Waals surface area (Å²) in [5.74, 6) is -0.366. The van der Waals surface area contributed by atoms with Gasteiger partial charge in [-0.15, -0.1) is 11.3 Å². The molecule has 1 unspecified atom stereocenters. The number of hydrogen-bond acceptors (Lipinski definition) is 9. The Balaban J connectivity index is 1.39. The fourth-order valence-corrected chi connectivity index (χ4v) is 6.16. The number of aryl methyl sites for hydroxylation is 2. The Morgan fingerprint density at radius 1 is 1.21 bits per heavy atom. The highest BCUT2D eigenvalue weighted by Crippen LogP contribution is 2.42. The molecular formula is C26H28FN7O3S. The van der Waals surface area contributed by atoms with E-state index in [2.05, 4.69) is 25.7 Å². The number of hydrogen-bond donors (Lipinski definition) is 2. The highest BCUT2D eigenvalue weighted by molar-refractivity contribution is 7.18. The molecule has 0 radical (unpaired) electrons. The van der Waals surface area contributed by atoms with E-state index >= 15 is 4.39 Å². The van der Waals surface area contributed by atoms with Gasteiger partial charge in [-0.3, -0.25) is 20.4 Å². The van der Waals surface area contributed by atoms with Gasteiger partial charge in [-0.2, -0.15) is 0 Å². The number of amides is 1. The van der Waals surface area contributed by atoms with Crippen LogP contribution < -0.4 is 25.9 Å². The van der Waals surface area contributed by atoms with E-state index in [0.717, 1.165) is 33.7 Å². The summed E-state index contributed by atoms with van der Waals surface area (Å²) in [4.78, 5) is 41.4. The summed E-state index contributed by atoms with van der Waals surface area (Å²) in [6.07, 6.45) is 2.96. The molecule has 1 aromatic carbocycles. The highest BCUT2D eigenvalue weighted by atomic mass is 32.1. The summed E-state index contributed by atoms with van der Waals surface area (Å²) in [7, 11) is 2.03. The van der Waals surface area contributed by atoms with E-state index in [-0.39, 0.29) is 17.0 Å². The molecule has 198 valence electrons. The van der Waals surface area contributed by atoms with Gasteiger partial charge < -0.3 is 19.1 Å². The predicted octanol–water partition coefficient (Wildman–Crippen LogP) is 3.22. The van der Waals surface area contributed by atoms with Crippen LogP contribution in [0.2, 0.25) is 0 Å². The fraction of sp³-hybridized carbons (Fsp3) is 0.385. The normalized spacial score (nSPS) is 17.6. The van der Waals surface area contributed by atoms with Gasteiger partial charge in [-0.1, -0.05) is 0 Å². The van der Waals surface area contributed by atoms with E-state index in [0.29, 0.717) is 42.5 Å². The molecule has 6 rings (SSSR count). The van der Waals surface area contributed by atoms with Crippen molar-refractivity contribution in [1.29, 1.82) is 0 Å². The molecule has 12 heteroatoms. The molecule has 0 spiro atoms. The molecule has 10 nitrogen and oxygen atoms in total. The van der Waals surface area contributed by atoms with Gasteiger partial charge in [-0.25, -0.2) is 14.4 Å². The quantitative estimate of drug-likeness (QED) is 0.383. The van der Waals surface area contributed by atoms with Crippen LogP contribution in [-0.4, -0.2) is 65.2 Å². The van der Waals surface area contributed by atoms with Gasteiger partial charge in [0.2, 0.25) is 5.43 Å². The second-order valence-corrected chi connectivity index (χ2v) is 11.1. The maximum atomic E-state index is 15.6. The molecule has 5 heterocycles. The van der Waals surface area contributed by atoms with Crippen LogP contribution in [0.15, 0.2) is 23.4 Å². The van der Waals surface area contributed by atoms with Gasteiger partial charge in [0.05, 0.1) is 22.3 Å². The number of anilines is 2. The number of fused-ring (bicyclic) bond motifs is 1. The third-order valence-electron chi connectivity index (χ3n) is 7.47. The van der Waals surface area contributed by atoms with Gasteiger partial charge in [0.15, 0.2) is 17.4 Å². The average molecular weight is 538 g/mol. The molecule has 1 fully saturated rings. The number of nitrogens with zero attached hydrogens (tertiary/aromatic N) is 5. The number of carbonyl (C=O) groups excluding carboxylic acids is 1. The van der Waals surface area contributed by atoms with Crippen LogP contribution in [0.1, 0.15) is 33.8 Å². The number of likely N-dealkylation sites (N-methyl/N-ethyl adjacent to an activating group) is 1. The molecule has 4 aromatic rings. The first-order chi connectivity index (χ1) is 18.2. The Morgan fingerprint density at radius 2 is 1.97 bits per heavy atom. The van der Waals surface area contributed by atoms with Crippen LogP contribution in [-0.2, 0) is 0 Å². The lowest BCUT2D eigenvalue weighted by atomic mass is 10.0. The maximum Gasteiger partial charge on any atom is 0.275 e. The van der Waals surface area contributed by atoms with Crippen molar-refractivity contribution in [3.63, 3.8) is 0 Å². The number of carbonyl (C=O) groups is 1. The zero-order valence-electron chi connectivity index (χ0n) is 21.6. The average Bonchev–Trinajstić information content (AvgIpc) is 3.20. The van der Waals surface area contributed by atoms with Crippen molar-refractivity contribution in [2.45, 2.75) is 26.8 Å². The number of piperazine rings is 1.